The number of benzene rings is 8. The molecule has 2 aliphatic heterocycles. The molecule has 4 heterocycles. The number of amidine groups is 2. The first-order valence-electron chi connectivity index (χ1n) is 19.6. The Morgan fingerprint density at radius 2 is 1.16 bits per heavy atom. The van der Waals surface area contributed by atoms with Gasteiger partial charge in [-0.25, -0.2) is 9.98 Å². The van der Waals surface area contributed by atoms with Crippen LogP contribution in [0, 0.1) is 0 Å². The Kier molecular flexibility index (Phi) is 6.52. The van der Waals surface area contributed by atoms with E-state index in [0.717, 1.165) is 83.0 Å². The van der Waals surface area contributed by atoms with Gasteiger partial charge in [0.15, 0.2) is 6.17 Å². The van der Waals surface area contributed by atoms with Gasteiger partial charge in [-0.1, -0.05) is 146 Å². The molecule has 1 aliphatic carbocycles. The number of para-hydroxylation sites is 2. The Balaban J connectivity index is 1.04. The molecule has 0 saturated carbocycles. The highest BCUT2D eigenvalue weighted by Crippen LogP contribution is 2.62. The summed E-state index contributed by atoms with van der Waals surface area (Å²) in [5.41, 5.74) is 11.5. The third-order valence-corrected chi connectivity index (χ3v) is 13.4. The van der Waals surface area contributed by atoms with Crippen molar-refractivity contribution in [3.8, 4) is 22.6 Å². The van der Waals surface area contributed by atoms with Crippen LogP contribution >= 0.6 is 11.3 Å². The molecule has 5 nitrogen and oxygen atoms in total. The largest absolute Gasteiger partial charge is 0.457 e. The summed E-state index contributed by atoms with van der Waals surface area (Å²) in [6, 6.07) is 62.2. The second kappa shape index (κ2) is 11.9. The van der Waals surface area contributed by atoms with Crippen molar-refractivity contribution in [3.05, 3.63) is 215 Å². The molecule has 1 atom stereocenters. The molecule has 1 unspecified atom stereocenters. The van der Waals surface area contributed by atoms with Crippen LogP contribution in [0.2, 0.25) is 0 Å². The highest BCUT2D eigenvalue weighted by Gasteiger charge is 2.51. The van der Waals surface area contributed by atoms with E-state index in [1.807, 2.05) is 18.2 Å². The predicted octanol–water partition coefficient (Wildman–Crippen LogP) is 12.9. The summed E-state index contributed by atoms with van der Waals surface area (Å²) in [6.45, 7) is 0. The SMILES string of the molecule is c1ccc(C2=NC(c3cc4c5ccccc5oc4c4c3sc3ccccc34)N=C(c3ccc4c(c3)Oc3ccccc3C43c4ccccc4-c4ccccc43)N2)cc1. The summed E-state index contributed by atoms with van der Waals surface area (Å²) >= 11 is 1.77. The molecule has 272 valence electrons. The number of rotatable bonds is 3. The van der Waals surface area contributed by atoms with Crippen molar-refractivity contribution in [2.24, 2.45) is 9.98 Å². The van der Waals surface area contributed by atoms with Crippen LogP contribution in [0.15, 0.2) is 190 Å². The lowest BCUT2D eigenvalue weighted by molar-refractivity contribution is 0.436. The third kappa shape index (κ3) is 4.30. The lowest BCUT2D eigenvalue weighted by Crippen LogP contribution is -2.36. The third-order valence-electron chi connectivity index (χ3n) is 12.2. The van der Waals surface area contributed by atoms with Crippen LogP contribution in [0.5, 0.6) is 11.5 Å². The summed E-state index contributed by atoms with van der Waals surface area (Å²) in [7, 11) is 0. The number of fused-ring (bicyclic) bond motifs is 16. The van der Waals surface area contributed by atoms with Crippen LogP contribution in [0.4, 0.5) is 0 Å². The van der Waals surface area contributed by atoms with Crippen molar-refractivity contribution in [1.29, 1.82) is 0 Å². The van der Waals surface area contributed by atoms with Gasteiger partial charge in [0.1, 0.15) is 34.3 Å². The second-order valence-electron chi connectivity index (χ2n) is 15.2. The van der Waals surface area contributed by atoms with Crippen molar-refractivity contribution in [3.63, 3.8) is 0 Å². The fourth-order valence-corrected chi connectivity index (χ4v) is 11.0. The molecule has 3 aliphatic rings. The first kappa shape index (κ1) is 31.9. The summed E-state index contributed by atoms with van der Waals surface area (Å²) < 4.78 is 15.9. The minimum Gasteiger partial charge on any atom is -0.457 e. The maximum Gasteiger partial charge on any atom is 0.171 e. The standard InChI is InChI=1S/C52H31N3O2S/c1-2-14-30(15-3-1)49-53-50(55-51(54-49)37-29-36-34-18-6-11-23-42(34)57-47(36)46-35-19-7-13-25-45(35)58-48(37)46)31-26-27-41-44(28-31)56-43-24-12-10-22-40(43)52(41)38-20-8-4-16-32(38)33-17-5-9-21-39(33)52/h1-29,51H,(H,53,54,55). The number of ether oxygens (including phenoxy) is 1. The van der Waals surface area contributed by atoms with E-state index in [4.69, 9.17) is 19.1 Å². The fourth-order valence-electron chi connectivity index (χ4n) is 9.77. The Morgan fingerprint density at radius 1 is 0.517 bits per heavy atom. The number of nitrogens with one attached hydrogen (secondary N) is 1. The maximum atomic E-state index is 6.90. The average Bonchev–Trinajstić information content (AvgIpc) is 3.95. The van der Waals surface area contributed by atoms with Gasteiger partial charge < -0.3 is 14.5 Å². The molecule has 0 amide bonds. The fraction of sp³-hybridized carbons (Fsp3) is 0.0385. The van der Waals surface area contributed by atoms with E-state index in [-0.39, 0.29) is 0 Å². The van der Waals surface area contributed by atoms with Gasteiger partial charge in [0.2, 0.25) is 0 Å². The van der Waals surface area contributed by atoms with Crippen LogP contribution < -0.4 is 10.1 Å². The Labute approximate surface area is 337 Å². The van der Waals surface area contributed by atoms with Gasteiger partial charge in [-0.15, -0.1) is 11.3 Å². The Morgan fingerprint density at radius 3 is 1.97 bits per heavy atom. The molecule has 58 heavy (non-hydrogen) atoms. The lowest BCUT2D eigenvalue weighted by Gasteiger charge is -2.39. The van der Waals surface area contributed by atoms with E-state index >= 15 is 0 Å². The summed E-state index contributed by atoms with van der Waals surface area (Å²) in [6.07, 6.45) is -0.530. The molecule has 2 aromatic heterocycles. The molecular weight excluding hydrogens is 731 g/mol. The molecule has 0 bridgehead atoms. The van der Waals surface area contributed by atoms with E-state index < -0.39 is 11.6 Å². The number of aliphatic imine (C=N–C) groups is 2. The molecule has 13 rings (SSSR count). The zero-order chi connectivity index (χ0) is 38.0. The Bertz CT molecular complexity index is 3380. The van der Waals surface area contributed by atoms with Crippen molar-refractivity contribution >= 4 is 65.1 Å². The molecule has 0 saturated heterocycles. The molecule has 0 fully saturated rings. The van der Waals surface area contributed by atoms with Crippen molar-refractivity contribution in [1.82, 2.24) is 5.32 Å². The normalized spacial score (nSPS) is 16.0. The van der Waals surface area contributed by atoms with Gasteiger partial charge >= 0.3 is 0 Å². The number of nitrogens with zero attached hydrogens (tertiary/aromatic N) is 2. The molecule has 6 heteroatoms. The number of furan rings is 1. The first-order valence-corrected chi connectivity index (χ1v) is 20.4. The number of thiophene rings is 1. The minimum absolute atomic E-state index is 0.530. The molecule has 0 radical (unpaired) electrons. The van der Waals surface area contributed by atoms with E-state index in [2.05, 4.69) is 163 Å². The van der Waals surface area contributed by atoms with Crippen molar-refractivity contribution in [2.75, 3.05) is 0 Å². The lowest BCUT2D eigenvalue weighted by atomic mass is 9.66. The summed E-state index contributed by atoms with van der Waals surface area (Å²) in [5.74, 6) is 3.16. The zero-order valence-electron chi connectivity index (χ0n) is 30.9. The average molecular weight is 762 g/mol. The highest BCUT2D eigenvalue weighted by atomic mass is 32.1. The summed E-state index contributed by atoms with van der Waals surface area (Å²) in [4.78, 5) is 10.9. The predicted molar refractivity (Wildman–Crippen MR) is 236 cm³/mol. The van der Waals surface area contributed by atoms with E-state index in [0.29, 0.717) is 0 Å². The van der Waals surface area contributed by atoms with Crippen LogP contribution in [0.3, 0.4) is 0 Å². The quantitative estimate of drug-likeness (QED) is 0.195. The monoisotopic (exact) mass is 761 g/mol. The van der Waals surface area contributed by atoms with Crippen LogP contribution in [-0.4, -0.2) is 11.7 Å². The number of hydrogen-bond donors (Lipinski definition) is 1. The van der Waals surface area contributed by atoms with E-state index in [9.17, 15) is 0 Å². The summed E-state index contributed by atoms with van der Waals surface area (Å²) in [5, 5.41) is 8.10. The van der Waals surface area contributed by atoms with Crippen LogP contribution in [-0.2, 0) is 5.41 Å². The van der Waals surface area contributed by atoms with Gasteiger partial charge in [0.05, 0.1) is 5.41 Å². The van der Waals surface area contributed by atoms with Gasteiger partial charge in [-0.3, -0.25) is 0 Å². The van der Waals surface area contributed by atoms with Gasteiger partial charge in [0, 0.05) is 58.8 Å². The van der Waals surface area contributed by atoms with Crippen LogP contribution in [0.25, 0.3) is 53.2 Å². The second-order valence-corrected chi connectivity index (χ2v) is 16.3. The zero-order valence-corrected chi connectivity index (χ0v) is 31.8. The van der Waals surface area contributed by atoms with Crippen molar-refractivity contribution < 1.29 is 9.15 Å². The first-order chi connectivity index (χ1) is 28.7. The molecular formula is C52H31N3O2S. The Hall–Kier alpha value is -7.28. The minimum atomic E-state index is -0.535. The van der Waals surface area contributed by atoms with E-state index in [1.165, 1.54) is 32.3 Å². The number of hydrogen-bond acceptors (Lipinski definition) is 6. The van der Waals surface area contributed by atoms with Crippen molar-refractivity contribution in [2.45, 2.75) is 11.6 Å². The van der Waals surface area contributed by atoms with Crippen LogP contribution in [0.1, 0.15) is 45.1 Å². The molecule has 8 aromatic carbocycles. The maximum absolute atomic E-state index is 6.90. The van der Waals surface area contributed by atoms with Gasteiger partial charge in [-0.05, 0) is 52.6 Å². The highest BCUT2D eigenvalue weighted by molar-refractivity contribution is 7.26. The van der Waals surface area contributed by atoms with Gasteiger partial charge in [-0.2, -0.15) is 0 Å². The molecule has 1 spiro atoms. The molecule has 1 N–H and O–H groups in total. The smallest absolute Gasteiger partial charge is 0.171 e. The van der Waals surface area contributed by atoms with E-state index in [1.54, 1.807) is 11.3 Å². The topological polar surface area (TPSA) is 59.1 Å². The van der Waals surface area contributed by atoms with Gasteiger partial charge in [0.25, 0.3) is 0 Å². The molecule has 10 aromatic rings.